The molecule has 88 valence electrons. The fourth-order valence-electron chi connectivity index (χ4n) is 1.52. The van der Waals surface area contributed by atoms with Gasteiger partial charge in [0, 0.05) is 5.57 Å². The van der Waals surface area contributed by atoms with Crippen molar-refractivity contribution in [3.8, 4) is 0 Å². The second-order valence-corrected chi connectivity index (χ2v) is 3.48. The van der Waals surface area contributed by atoms with Gasteiger partial charge in [-0.1, -0.05) is 20.3 Å². The number of carbonyl (C=O) groups is 1. The van der Waals surface area contributed by atoms with Crippen molar-refractivity contribution >= 4 is 5.97 Å². The van der Waals surface area contributed by atoms with E-state index in [0.717, 1.165) is 6.42 Å². The Labute approximate surface area is 91.5 Å². The fraction of sp³-hybridized carbons (Fsp3) is 0.750. The minimum atomic E-state index is -1.01. The lowest BCUT2D eigenvalue weighted by Crippen LogP contribution is -2.13. The predicted molar refractivity (Wildman–Crippen MR) is 59.4 cm³/mol. The lowest BCUT2D eigenvalue weighted by Gasteiger charge is -2.13. The van der Waals surface area contributed by atoms with Crippen LogP contribution >= 0.6 is 0 Å². The minimum Gasteiger partial charge on any atom is -0.463 e. The summed E-state index contributed by atoms with van der Waals surface area (Å²) in [6.45, 7) is 7.51. The van der Waals surface area contributed by atoms with Crippen molar-refractivity contribution in [3.63, 3.8) is 0 Å². The monoisotopic (exact) mass is 216 g/mol. The number of ether oxygens (including phenoxy) is 1. The van der Waals surface area contributed by atoms with Crippen LogP contribution in [0.5, 0.6) is 0 Å². The van der Waals surface area contributed by atoms with Crippen molar-refractivity contribution < 1.29 is 13.9 Å². The molecule has 0 heterocycles. The maximum atomic E-state index is 13.7. The Morgan fingerprint density at radius 1 is 1.33 bits per heavy atom. The summed E-state index contributed by atoms with van der Waals surface area (Å²) in [6.07, 6.45) is 0.802. The van der Waals surface area contributed by atoms with E-state index in [1.54, 1.807) is 13.8 Å². The molecule has 2 nitrogen and oxygen atoms in total. The first kappa shape index (κ1) is 14.1. The number of esters is 1. The van der Waals surface area contributed by atoms with Crippen molar-refractivity contribution in [2.75, 3.05) is 6.61 Å². The quantitative estimate of drug-likeness (QED) is 0.502. The van der Waals surface area contributed by atoms with Crippen molar-refractivity contribution in [2.24, 2.45) is 0 Å². The summed E-state index contributed by atoms with van der Waals surface area (Å²) >= 11 is 0. The molecular weight excluding hydrogens is 195 g/mol. The smallest absolute Gasteiger partial charge is 0.333 e. The topological polar surface area (TPSA) is 26.3 Å². The SMILES string of the molecule is CCCC(F)/C(CC)=C(/C)C(=O)OCC. The number of alkyl halides is 1. The first-order valence-electron chi connectivity index (χ1n) is 5.59. The van der Waals surface area contributed by atoms with Gasteiger partial charge in [-0.3, -0.25) is 0 Å². The summed E-state index contributed by atoms with van der Waals surface area (Å²) < 4.78 is 18.5. The van der Waals surface area contributed by atoms with Gasteiger partial charge in [-0.2, -0.15) is 0 Å². The molecule has 0 aliphatic heterocycles. The van der Waals surface area contributed by atoms with Gasteiger partial charge >= 0.3 is 5.97 Å². The number of halogens is 1. The molecule has 0 rings (SSSR count). The molecule has 0 aliphatic rings. The molecule has 0 spiro atoms. The van der Waals surface area contributed by atoms with E-state index in [2.05, 4.69) is 0 Å². The lowest BCUT2D eigenvalue weighted by atomic mass is 9.99. The van der Waals surface area contributed by atoms with E-state index in [0.29, 0.717) is 30.6 Å². The Balaban J connectivity index is 4.71. The van der Waals surface area contributed by atoms with Crippen molar-refractivity contribution in [3.05, 3.63) is 11.1 Å². The second-order valence-electron chi connectivity index (χ2n) is 3.48. The number of hydrogen-bond acceptors (Lipinski definition) is 2. The molecule has 0 N–H and O–H groups in total. The molecular formula is C12H21FO2. The van der Waals surface area contributed by atoms with Crippen molar-refractivity contribution in [2.45, 2.75) is 53.1 Å². The van der Waals surface area contributed by atoms with Crippen LogP contribution in [-0.4, -0.2) is 18.7 Å². The minimum absolute atomic E-state index is 0.331. The molecule has 1 atom stereocenters. The van der Waals surface area contributed by atoms with Gasteiger partial charge in [0.1, 0.15) is 6.17 Å². The predicted octanol–water partition coefficient (Wildman–Crippen LogP) is 3.41. The largest absolute Gasteiger partial charge is 0.463 e. The van der Waals surface area contributed by atoms with Crippen LogP contribution < -0.4 is 0 Å². The van der Waals surface area contributed by atoms with Gasteiger partial charge in [-0.25, -0.2) is 9.18 Å². The van der Waals surface area contributed by atoms with Crippen molar-refractivity contribution in [1.29, 1.82) is 0 Å². The van der Waals surface area contributed by atoms with Crippen LogP contribution in [-0.2, 0) is 9.53 Å². The fourth-order valence-corrected chi connectivity index (χ4v) is 1.52. The maximum Gasteiger partial charge on any atom is 0.333 e. The summed E-state index contributed by atoms with van der Waals surface area (Å²) in [5, 5.41) is 0. The summed E-state index contributed by atoms with van der Waals surface area (Å²) in [7, 11) is 0. The van der Waals surface area contributed by atoms with Crippen LogP contribution in [0.15, 0.2) is 11.1 Å². The Morgan fingerprint density at radius 3 is 2.33 bits per heavy atom. The van der Waals surface area contributed by atoms with Crippen LogP contribution in [0.4, 0.5) is 4.39 Å². The van der Waals surface area contributed by atoms with Crippen LogP contribution in [0.3, 0.4) is 0 Å². The Hall–Kier alpha value is -0.860. The molecule has 0 radical (unpaired) electrons. The second kappa shape index (κ2) is 7.43. The van der Waals surface area contributed by atoms with Crippen LogP contribution in [0.2, 0.25) is 0 Å². The van der Waals surface area contributed by atoms with Crippen LogP contribution in [0.25, 0.3) is 0 Å². The van der Waals surface area contributed by atoms with E-state index >= 15 is 0 Å². The van der Waals surface area contributed by atoms with E-state index in [-0.39, 0.29) is 0 Å². The Kier molecular flexibility index (Phi) is 7.01. The summed E-state index contributed by atoms with van der Waals surface area (Å²) in [4.78, 5) is 11.4. The molecule has 0 saturated carbocycles. The van der Waals surface area contributed by atoms with Gasteiger partial charge in [0.25, 0.3) is 0 Å². The maximum absolute atomic E-state index is 13.7. The number of hydrogen-bond donors (Lipinski definition) is 0. The molecule has 0 aromatic carbocycles. The van der Waals surface area contributed by atoms with Gasteiger partial charge in [-0.15, -0.1) is 0 Å². The third kappa shape index (κ3) is 4.45. The third-order valence-corrected chi connectivity index (χ3v) is 2.36. The van der Waals surface area contributed by atoms with E-state index in [1.165, 1.54) is 0 Å². The van der Waals surface area contributed by atoms with E-state index in [4.69, 9.17) is 4.74 Å². The van der Waals surface area contributed by atoms with E-state index < -0.39 is 12.1 Å². The molecule has 0 aromatic rings. The highest BCUT2D eigenvalue weighted by Gasteiger charge is 2.17. The highest BCUT2D eigenvalue weighted by molar-refractivity contribution is 5.88. The van der Waals surface area contributed by atoms with Gasteiger partial charge in [-0.05, 0) is 32.3 Å². The first-order chi connectivity index (χ1) is 7.08. The molecule has 0 aromatic heterocycles. The zero-order chi connectivity index (χ0) is 11.8. The highest BCUT2D eigenvalue weighted by atomic mass is 19.1. The first-order valence-corrected chi connectivity index (χ1v) is 5.59. The van der Waals surface area contributed by atoms with Gasteiger partial charge in [0.15, 0.2) is 0 Å². The number of allylic oxidation sites excluding steroid dienone is 1. The molecule has 0 bridgehead atoms. The third-order valence-electron chi connectivity index (χ3n) is 2.36. The molecule has 0 saturated heterocycles. The highest BCUT2D eigenvalue weighted by Crippen LogP contribution is 2.20. The molecule has 15 heavy (non-hydrogen) atoms. The van der Waals surface area contributed by atoms with Gasteiger partial charge < -0.3 is 4.74 Å². The average Bonchev–Trinajstić information content (AvgIpc) is 2.19. The molecule has 0 fully saturated rings. The average molecular weight is 216 g/mol. The van der Waals surface area contributed by atoms with Crippen molar-refractivity contribution in [1.82, 2.24) is 0 Å². The standard InChI is InChI=1S/C12H21FO2/c1-5-8-11(13)10(6-2)9(4)12(14)15-7-3/h11H,5-8H2,1-4H3/b10-9-. The van der Waals surface area contributed by atoms with E-state index in [9.17, 15) is 9.18 Å². The number of carbonyl (C=O) groups excluding carboxylic acids is 1. The van der Waals surface area contributed by atoms with Crippen LogP contribution in [0, 0.1) is 0 Å². The summed E-state index contributed by atoms with van der Waals surface area (Å²) in [5.41, 5.74) is 1.01. The summed E-state index contributed by atoms with van der Waals surface area (Å²) in [5.74, 6) is -0.395. The number of rotatable bonds is 6. The Bertz CT molecular complexity index is 234. The zero-order valence-corrected chi connectivity index (χ0v) is 10.1. The molecule has 1 unspecified atom stereocenters. The summed E-state index contributed by atoms with van der Waals surface area (Å²) in [6, 6.07) is 0. The molecule has 0 amide bonds. The lowest BCUT2D eigenvalue weighted by molar-refractivity contribution is -0.138. The van der Waals surface area contributed by atoms with Gasteiger partial charge in [0.05, 0.1) is 6.61 Å². The molecule has 3 heteroatoms. The van der Waals surface area contributed by atoms with Crippen LogP contribution in [0.1, 0.15) is 47.0 Å². The van der Waals surface area contributed by atoms with Gasteiger partial charge in [0.2, 0.25) is 0 Å². The zero-order valence-electron chi connectivity index (χ0n) is 10.1. The van der Waals surface area contributed by atoms with E-state index in [1.807, 2.05) is 13.8 Å². The normalized spacial score (nSPS) is 14.5. The molecule has 0 aliphatic carbocycles. The Morgan fingerprint density at radius 2 is 1.93 bits per heavy atom.